The summed E-state index contributed by atoms with van der Waals surface area (Å²) in [6.07, 6.45) is 0. The van der Waals surface area contributed by atoms with Crippen molar-refractivity contribution in [1.82, 2.24) is 0 Å². The Morgan fingerprint density at radius 2 is 1.17 bits per heavy atom. The minimum Gasteiger partial charge on any atom is -0.450 e. The molecule has 0 saturated carbocycles. The Kier molecular flexibility index (Phi) is 5.77. The van der Waals surface area contributed by atoms with Gasteiger partial charge in [0.05, 0.1) is 10.8 Å². The second-order valence-electron chi connectivity index (χ2n) is 7.67. The van der Waals surface area contributed by atoms with Gasteiger partial charge < -0.3 is 4.42 Å². The summed E-state index contributed by atoms with van der Waals surface area (Å²) >= 11 is 3.70. The van der Waals surface area contributed by atoms with Crippen LogP contribution in [0.15, 0.2) is 105 Å². The van der Waals surface area contributed by atoms with Gasteiger partial charge in [0.25, 0.3) is 0 Å². The van der Waals surface area contributed by atoms with Crippen molar-refractivity contribution in [2.75, 3.05) is 0 Å². The predicted octanol–water partition coefficient (Wildman–Crippen LogP) is 9.03. The van der Waals surface area contributed by atoms with Crippen LogP contribution in [-0.4, -0.2) is 0 Å². The molecule has 0 atom stereocenters. The molecule has 10 heteroatoms. The third-order valence-corrected chi connectivity index (χ3v) is 5.37. The number of hydrogen-bond donors (Lipinski definition) is 0. The molecule has 4 aromatic carbocycles. The van der Waals surface area contributed by atoms with Gasteiger partial charge in [-0.25, -0.2) is 0 Å². The Balaban J connectivity index is 0.000000364. The van der Waals surface area contributed by atoms with Crippen LogP contribution in [0.3, 0.4) is 0 Å². The van der Waals surface area contributed by atoms with Crippen molar-refractivity contribution in [3.05, 3.63) is 101 Å². The predicted molar refractivity (Wildman–Crippen MR) is 133 cm³/mol. The maximum Gasteiger partial charge on any atom is 0.201 e. The van der Waals surface area contributed by atoms with E-state index in [1.165, 1.54) is 0 Å². The van der Waals surface area contributed by atoms with E-state index in [2.05, 4.69) is 24.8 Å². The maximum absolute atomic E-state index is 13.5. The van der Waals surface area contributed by atoms with E-state index in [0.717, 1.165) is 27.1 Å². The van der Waals surface area contributed by atoms with Crippen LogP contribution in [0.25, 0.3) is 44.2 Å². The van der Waals surface area contributed by atoms with E-state index in [0.29, 0.717) is 21.9 Å². The maximum atomic E-state index is 13.5. The molecular weight excluding hydrogens is 509 g/mol. The number of rotatable bonds is 2. The Morgan fingerprint density at radius 1 is 0.686 bits per heavy atom. The summed E-state index contributed by atoms with van der Waals surface area (Å²) < 4.78 is 65.4. The molecule has 1 heterocycles. The molecule has 0 N–H and O–H groups in total. The molecule has 5 rings (SSSR count). The Bertz CT molecular complexity index is 1590. The number of halogens is 6. The molecule has 0 spiro atoms. The van der Waals surface area contributed by atoms with Gasteiger partial charge >= 0.3 is 33.0 Å². The van der Waals surface area contributed by atoms with Gasteiger partial charge in [0.15, 0.2) is 10.5 Å². The van der Waals surface area contributed by atoms with Crippen LogP contribution in [0, 0.1) is 0 Å². The Hall–Kier alpha value is -3.29. The van der Waals surface area contributed by atoms with Crippen LogP contribution in [-0.2, 0) is 12.6 Å². The average molecular weight is 526 g/mol. The quantitative estimate of drug-likeness (QED) is 0.0994. The zero-order valence-electron chi connectivity index (χ0n) is 17.7. The van der Waals surface area contributed by atoms with Gasteiger partial charge in [0.2, 0.25) is 5.43 Å². The van der Waals surface area contributed by atoms with E-state index in [1.54, 1.807) is 0 Å². The van der Waals surface area contributed by atoms with Gasteiger partial charge in [-0.05, 0) is 41.5 Å². The van der Waals surface area contributed by atoms with Crippen molar-refractivity contribution < 1.29 is 29.6 Å². The normalized spacial score (nSPS) is 13.6. The van der Waals surface area contributed by atoms with Crippen LogP contribution in [0.5, 0.6) is 0 Å². The summed E-state index contributed by atoms with van der Waals surface area (Å²) in [4.78, 5) is 14.3. The zero-order chi connectivity index (χ0) is 25.5. The third-order valence-electron chi connectivity index (χ3n) is 5.00. The molecule has 0 radical (unpaired) electrons. The number of para-hydroxylation sites is 1. The van der Waals surface area contributed by atoms with Gasteiger partial charge in [-0.1, -0.05) is 72.8 Å². The van der Waals surface area contributed by atoms with E-state index in [-0.39, 0.29) is 5.43 Å². The number of fused-ring (bicyclic) bond motifs is 2. The summed E-state index contributed by atoms with van der Waals surface area (Å²) in [6.45, 7) is 0. The molecule has 0 bridgehead atoms. The first-order valence-electron chi connectivity index (χ1n) is 10.1. The van der Waals surface area contributed by atoms with Crippen molar-refractivity contribution >= 4 is 42.4 Å². The van der Waals surface area contributed by atoms with Crippen molar-refractivity contribution in [3.8, 4) is 22.3 Å². The first kappa shape index (κ1) is 24.8. The number of benzene rings is 4. The van der Waals surface area contributed by atoms with Gasteiger partial charge in [-0.15, -0.1) is 0 Å². The smallest absolute Gasteiger partial charge is 0.201 e. The fraction of sp³-hybridized carbons (Fsp3) is 0. The molecule has 5 aromatic rings. The first-order chi connectivity index (χ1) is 16.2. The fourth-order valence-electron chi connectivity index (χ4n) is 3.73. The molecule has 182 valence electrons. The van der Waals surface area contributed by atoms with Crippen LogP contribution >= 0.6 is 7.81 Å². The third kappa shape index (κ3) is 6.24. The summed E-state index contributed by atoms with van der Waals surface area (Å²) in [7, 11) is -10.7. The van der Waals surface area contributed by atoms with Crippen LogP contribution in [0.2, 0.25) is 0 Å². The van der Waals surface area contributed by atoms with Crippen molar-refractivity contribution in [2.24, 2.45) is 0 Å². The Labute approximate surface area is 200 Å². The second-order valence-corrected chi connectivity index (χ2v) is 10.1. The molecule has 0 aliphatic heterocycles. The molecule has 2 nitrogen and oxygen atoms in total. The summed E-state index contributed by atoms with van der Waals surface area (Å²) in [5.41, 5.74) is 5.06. The minimum atomic E-state index is -10.7. The van der Waals surface area contributed by atoms with Crippen LogP contribution < -0.4 is 5.43 Å². The molecule has 0 amide bonds. The SMILES string of the molecule is F[P-](F)(F)(F)(F)F.O=c1c2ccccc2oc2c([SH2+])cc(-c3ccccc3)c(-c3ccccc3)c12. The monoisotopic (exact) mass is 526 g/mol. The van der Waals surface area contributed by atoms with E-state index in [4.69, 9.17) is 4.42 Å². The Morgan fingerprint density at radius 3 is 1.74 bits per heavy atom. The second kappa shape index (κ2) is 8.14. The minimum absolute atomic E-state index is 0.0204. The molecule has 0 fully saturated rings. The average Bonchev–Trinajstić information content (AvgIpc) is 2.79. The number of hydrogen-bond acceptors (Lipinski definition) is 2. The summed E-state index contributed by atoms with van der Waals surface area (Å²) in [6, 6.07) is 29.5. The van der Waals surface area contributed by atoms with E-state index in [9.17, 15) is 30.0 Å². The molecular formula is C25H17F6O2PS. The molecule has 1 aromatic heterocycles. The topological polar surface area (TPSA) is 30.2 Å². The van der Waals surface area contributed by atoms with Crippen molar-refractivity contribution in [1.29, 1.82) is 0 Å². The largest absolute Gasteiger partial charge is 0.450 e. The van der Waals surface area contributed by atoms with Gasteiger partial charge in [-0.3, -0.25) is 4.79 Å². The van der Waals surface area contributed by atoms with Crippen LogP contribution in [0.4, 0.5) is 25.2 Å². The molecule has 35 heavy (non-hydrogen) atoms. The molecule has 0 aliphatic rings. The molecule has 0 aliphatic carbocycles. The zero-order valence-corrected chi connectivity index (χ0v) is 19.6. The molecule has 0 saturated heterocycles. The molecule has 0 unspecified atom stereocenters. The van der Waals surface area contributed by atoms with Crippen LogP contribution in [0.1, 0.15) is 0 Å². The summed E-state index contributed by atoms with van der Waals surface area (Å²) in [5, 5.41) is 1.18. The van der Waals surface area contributed by atoms with Gasteiger partial charge in [-0.2, -0.15) is 0 Å². The van der Waals surface area contributed by atoms with Gasteiger partial charge in [0, 0.05) is 11.6 Å². The first-order valence-corrected chi connectivity index (χ1v) is 12.6. The van der Waals surface area contributed by atoms with Crippen molar-refractivity contribution in [2.45, 2.75) is 4.90 Å². The van der Waals surface area contributed by atoms with Gasteiger partial charge in [0.1, 0.15) is 5.58 Å². The van der Waals surface area contributed by atoms with E-state index in [1.807, 2.05) is 78.9 Å². The standard InChI is InChI=1S/C25H16O2S.F6P/c26-24-18-13-7-8-14-20(18)27-25-21(28)15-19(16-9-3-1-4-10-16)22(23(24)25)17-11-5-2-6-12-17;1-7(2,3,4,5)6/h1-15,28H;/q;-1/p+1. The van der Waals surface area contributed by atoms with E-state index >= 15 is 0 Å². The fourth-order valence-corrected chi connectivity index (χ4v) is 4.05. The summed E-state index contributed by atoms with van der Waals surface area (Å²) in [5.74, 6) is 0. The van der Waals surface area contributed by atoms with Crippen molar-refractivity contribution in [3.63, 3.8) is 0 Å². The van der Waals surface area contributed by atoms with E-state index < -0.39 is 7.81 Å².